The fourth-order valence-electron chi connectivity index (χ4n) is 3.89. The molecule has 0 saturated carbocycles. The highest BCUT2D eigenvalue weighted by molar-refractivity contribution is 8.14. The molecule has 2 aliphatic heterocycles. The number of halogens is 1. The number of imide groups is 1. The zero-order valence-corrected chi connectivity index (χ0v) is 19.7. The fourth-order valence-corrected chi connectivity index (χ4v) is 7.64. The lowest BCUT2D eigenvalue weighted by Crippen LogP contribution is -2.28. The van der Waals surface area contributed by atoms with Crippen LogP contribution in [-0.4, -0.2) is 43.9 Å². The number of rotatable bonds is 4. The number of methoxy groups -OCH3 is 1. The smallest absolute Gasteiger partial charge is 0.289 e. The molecule has 1 saturated heterocycles. The lowest BCUT2D eigenvalue weighted by Gasteiger charge is -2.17. The molecule has 5 rings (SSSR count). The quantitative estimate of drug-likeness (QED) is 0.528. The summed E-state index contributed by atoms with van der Waals surface area (Å²) in [5.74, 6) is 1.78. The number of ether oxygens (including phenoxy) is 1. The Hall–Kier alpha value is -1.94. The summed E-state index contributed by atoms with van der Waals surface area (Å²) in [6, 6.07) is 7.62. The van der Waals surface area contributed by atoms with Gasteiger partial charge in [-0.2, -0.15) is 0 Å². The molecule has 10 heteroatoms. The predicted molar refractivity (Wildman–Crippen MR) is 125 cm³/mol. The van der Waals surface area contributed by atoms with Crippen molar-refractivity contribution in [1.82, 2.24) is 9.88 Å². The summed E-state index contributed by atoms with van der Waals surface area (Å²) in [7, 11) is 0.738. The van der Waals surface area contributed by atoms with Crippen molar-refractivity contribution in [3.63, 3.8) is 0 Å². The van der Waals surface area contributed by atoms with Crippen molar-refractivity contribution in [2.75, 3.05) is 18.6 Å². The maximum absolute atomic E-state index is 12.2. The number of pyridine rings is 1. The third-order valence-electron chi connectivity index (χ3n) is 5.43. The van der Waals surface area contributed by atoms with E-state index in [0.717, 1.165) is 49.3 Å². The predicted octanol–water partition coefficient (Wildman–Crippen LogP) is 4.63. The molecular formula is C21H17ClN2O4S3. The van der Waals surface area contributed by atoms with Crippen molar-refractivity contribution < 1.29 is 18.5 Å². The average molecular weight is 493 g/mol. The first kappa shape index (κ1) is 20.9. The SMILES string of the molecule is COc1ccc(-c2c(Cl)c(CN3C(=O)CSC3=O)nc3sc4c(c23)CC[S@](=O)C4)cc1. The number of benzene rings is 1. The summed E-state index contributed by atoms with van der Waals surface area (Å²) in [5.41, 5.74) is 3.38. The molecule has 0 unspecified atom stereocenters. The number of amides is 2. The van der Waals surface area contributed by atoms with E-state index in [2.05, 4.69) is 0 Å². The third kappa shape index (κ3) is 3.67. The van der Waals surface area contributed by atoms with Crippen LogP contribution in [0.15, 0.2) is 24.3 Å². The van der Waals surface area contributed by atoms with Crippen LogP contribution in [0, 0.1) is 0 Å². The molecule has 0 bridgehead atoms. The van der Waals surface area contributed by atoms with Crippen LogP contribution in [0.4, 0.5) is 4.79 Å². The van der Waals surface area contributed by atoms with Gasteiger partial charge in [0, 0.05) is 32.4 Å². The Kier molecular flexibility index (Phi) is 5.54. The number of nitrogens with zero attached hydrogens (tertiary/aromatic N) is 2. The minimum atomic E-state index is -0.875. The molecule has 2 aromatic heterocycles. The van der Waals surface area contributed by atoms with Crippen LogP contribution in [0.1, 0.15) is 16.1 Å². The van der Waals surface area contributed by atoms with Crippen LogP contribution in [0.5, 0.6) is 5.75 Å². The number of thioether (sulfide) groups is 1. The Morgan fingerprint density at radius 1 is 1.26 bits per heavy atom. The van der Waals surface area contributed by atoms with Crippen molar-refractivity contribution in [3.05, 3.63) is 45.4 Å². The number of thiophene rings is 1. The highest BCUT2D eigenvalue weighted by Gasteiger charge is 2.32. The summed E-state index contributed by atoms with van der Waals surface area (Å²) in [6.45, 7) is 0.0388. The van der Waals surface area contributed by atoms with Gasteiger partial charge in [0.15, 0.2) is 0 Å². The van der Waals surface area contributed by atoms with Crippen LogP contribution < -0.4 is 4.74 Å². The Labute approximate surface area is 194 Å². The van der Waals surface area contributed by atoms with Gasteiger partial charge in [-0.1, -0.05) is 35.5 Å². The van der Waals surface area contributed by atoms with Crippen molar-refractivity contribution in [2.45, 2.75) is 18.7 Å². The van der Waals surface area contributed by atoms with Crippen LogP contribution in [-0.2, 0) is 34.3 Å². The normalized spacial score (nSPS) is 18.6. The Morgan fingerprint density at radius 3 is 2.71 bits per heavy atom. The number of hydrogen-bond acceptors (Lipinski definition) is 7. The highest BCUT2D eigenvalue weighted by Crippen LogP contribution is 2.45. The molecular weight excluding hydrogens is 476 g/mol. The van der Waals surface area contributed by atoms with E-state index in [-0.39, 0.29) is 23.4 Å². The average Bonchev–Trinajstić information content (AvgIpc) is 3.28. The summed E-state index contributed by atoms with van der Waals surface area (Å²) in [6.07, 6.45) is 0.711. The molecule has 1 fully saturated rings. The second-order valence-corrected chi connectivity index (χ2v) is 11.2. The Morgan fingerprint density at radius 2 is 2.03 bits per heavy atom. The van der Waals surface area contributed by atoms with E-state index < -0.39 is 10.8 Å². The van der Waals surface area contributed by atoms with E-state index in [1.165, 1.54) is 16.2 Å². The first-order valence-corrected chi connectivity index (χ1v) is 13.2. The summed E-state index contributed by atoms with van der Waals surface area (Å²) >= 11 is 9.40. The van der Waals surface area contributed by atoms with Gasteiger partial charge in [-0.05, 0) is 29.7 Å². The van der Waals surface area contributed by atoms with Crippen molar-refractivity contribution in [2.24, 2.45) is 0 Å². The molecule has 2 aliphatic rings. The number of carbonyl (C=O) groups excluding carboxylic acids is 2. The van der Waals surface area contributed by atoms with Crippen molar-refractivity contribution in [1.29, 1.82) is 0 Å². The largest absolute Gasteiger partial charge is 0.497 e. The number of aryl methyl sites for hydroxylation is 1. The molecule has 3 aromatic rings. The van der Waals surface area contributed by atoms with Crippen LogP contribution in [0.3, 0.4) is 0 Å². The van der Waals surface area contributed by atoms with Crippen LogP contribution >= 0.6 is 34.7 Å². The number of aromatic nitrogens is 1. The van der Waals surface area contributed by atoms with Gasteiger partial charge in [0.05, 0.1) is 35.9 Å². The van der Waals surface area contributed by atoms with Gasteiger partial charge < -0.3 is 4.74 Å². The third-order valence-corrected chi connectivity index (χ3v) is 9.27. The molecule has 0 N–H and O–H groups in total. The molecule has 0 aliphatic carbocycles. The van der Waals surface area contributed by atoms with Gasteiger partial charge in [0.25, 0.3) is 5.24 Å². The molecule has 1 aromatic carbocycles. The van der Waals surface area contributed by atoms with Crippen LogP contribution in [0.2, 0.25) is 5.02 Å². The molecule has 4 heterocycles. The van der Waals surface area contributed by atoms with E-state index in [1.54, 1.807) is 7.11 Å². The summed E-state index contributed by atoms with van der Waals surface area (Å²) < 4.78 is 17.4. The summed E-state index contributed by atoms with van der Waals surface area (Å²) in [4.78, 5) is 32.1. The van der Waals surface area contributed by atoms with E-state index >= 15 is 0 Å². The van der Waals surface area contributed by atoms with E-state index in [4.69, 9.17) is 21.3 Å². The Balaban J connectivity index is 1.72. The molecule has 31 heavy (non-hydrogen) atoms. The number of hydrogen-bond donors (Lipinski definition) is 0. The fraction of sp³-hybridized carbons (Fsp3) is 0.286. The van der Waals surface area contributed by atoms with Crippen LogP contribution in [0.25, 0.3) is 21.3 Å². The van der Waals surface area contributed by atoms with Gasteiger partial charge in [0.1, 0.15) is 10.6 Å². The molecule has 160 valence electrons. The molecule has 2 amide bonds. The first-order chi connectivity index (χ1) is 15.0. The lowest BCUT2D eigenvalue weighted by molar-refractivity contribution is -0.125. The zero-order chi connectivity index (χ0) is 21.7. The van der Waals surface area contributed by atoms with Gasteiger partial charge in [0.2, 0.25) is 5.91 Å². The van der Waals surface area contributed by atoms with E-state index in [1.807, 2.05) is 24.3 Å². The van der Waals surface area contributed by atoms with Crippen molar-refractivity contribution >= 4 is 66.9 Å². The van der Waals surface area contributed by atoms with Gasteiger partial charge in [-0.25, -0.2) is 4.98 Å². The van der Waals surface area contributed by atoms with Gasteiger partial charge in [-0.3, -0.25) is 18.7 Å². The van der Waals surface area contributed by atoms with Gasteiger partial charge in [-0.15, -0.1) is 11.3 Å². The molecule has 0 spiro atoms. The van der Waals surface area contributed by atoms with Crippen molar-refractivity contribution in [3.8, 4) is 16.9 Å². The molecule has 1 atom stereocenters. The maximum Gasteiger partial charge on any atom is 0.289 e. The van der Waals surface area contributed by atoms with Gasteiger partial charge >= 0.3 is 0 Å². The van der Waals surface area contributed by atoms with E-state index in [9.17, 15) is 13.8 Å². The zero-order valence-electron chi connectivity index (χ0n) is 16.5. The molecule has 0 radical (unpaired) electrons. The first-order valence-electron chi connectivity index (χ1n) is 9.55. The standard InChI is InChI=1S/C21H17ClN2O4S3/c1-28-12-4-2-11(3-5-12)17-18-13-6-7-31(27)10-15(13)30-20(18)23-14(19(17)22)8-24-16(25)9-29-21(24)26/h2-5H,6-10H2,1H3/t31-/m0/s1. The minimum absolute atomic E-state index is 0.0388. The maximum atomic E-state index is 12.2. The number of fused-ring (bicyclic) bond motifs is 3. The second kappa shape index (κ2) is 8.20. The second-order valence-electron chi connectivity index (χ2n) is 7.23. The minimum Gasteiger partial charge on any atom is -0.497 e. The monoisotopic (exact) mass is 492 g/mol. The lowest BCUT2D eigenvalue weighted by atomic mass is 9.97. The van der Waals surface area contributed by atoms with E-state index in [0.29, 0.717) is 28.6 Å². The topological polar surface area (TPSA) is 76.6 Å². The Bertz CT molecular complexity index is 1240. The molecule has 6 nitrogen and oxygen atoms in total. The summed E-state index contributed by atoms with van der Waals surface area (Å²) in [5, 5.41) is 1.13. The highest BCUT2D eigenvalue weighted by atomic mass is 35.5. The number of carbonyl (C=O) groups is 2.